The highest BCUT2D eigenvalue weighted by atomic mass is 16.6. The summed E-state index contributed by atoms with van der Waals surface area (Å²) in [6.07, 6.45) is 1.51. The van der Waals surface area contributed by atoms with Gasteiger partial charge in [0.15, 0.2) is 5.92 Å². The van der Waals surface area contributed by atoms with E-state index >= 15 is 0 Å². The Hall–Kier alpha value is -3.01. The number of hydrogen-bond donors (Lipinski definition) is 0. The summed E-state index contributed by atoms with van der Waals surface area (Å²) in [5.74, 6) is -2.14. The number of benzene rings is 1. The highest BCUT2D eigenvalue weighted by Gasteiger charge is 2.31. The van der Waals surface area contributed by atoms with Crippen molar-refractivity contribution < 1.29 is 14.5 Å². The summed E-state index contributed by atoms with van der Waals surface area (Å²) in [7, 11) is 0. The van der Waals surface area contributed by atoms with Crippen LogP contribution in [0.4, 0.5) is 5.69 Å². The standard InChI is InChI=1S/C14H11N3O4/c1-2-21-14(18)11(8-15)9-5-6-12-10(4-3-7-16-12)13(9)17(19)20/h3-7,11H,2H2,1H3. The summed E-state index contributed by atoms with van der Waals surface area (Å²) in [6.45, 7) is 1.70. The molecule has 0 bridgehead atoms. The number of ether oxygens (including phenoxy) is 1. The predicted octanol–water partition coefficient (Wildman–Crippen LogP) is 2.31. The van der Waals surface area contributed by atoms with Gasteiger partial charge in [-0.3, -0.25) is 19.9 Å². The van der Waals surface area contributed by atoms with Crippen molar-refractivity contribution in [2.24, 2.45) is 0 Å². The van der Waals surface area contributed by atoms with Gasteiger partial charge >= 0.3 is 5.97 Å². The fourth-order valence-corrected chi connectivity index (χ4v) is 2.07. The first-order chi connectivity index (χ1) is 10.1. The molecule has 106 valence electrons. The maximum Gasteiger partial charge on any atom is 0.328 e. The molecule has 1 heterocycles. The highest BCUT2D eigenvalue weighted by molar-refractivity contribution is 5.93. The largest absolute Gasteiger partial charge is 0.465 e. The topological polar surface area (TPSA) is 106 Å². The zero-order valence-electron chi connectivity index (χ0n) is 11.1. The van der Waals surface area contributed by atoms with Crippen molar-refractivity contribution in [3.8, 4) is 6.07 Å². The van der Waals surface area contributed by atoms with E-state index < -0.39 is 16.8 Å². The molecule has 1 aromatic heterocycles. The van der Waals surface area contributed by atoms with Crippen LogP contribution in [0.1, 0.15) is 18.4 Å². The Morgan fingerprint density at radius 3 is 2.90 bits per heavy atom. The summed E-state index contributed by atoms with van der Waals surface area (Å²) in [5, 5.41) is 20.8. The summed E-state index contributed by atoms with van der Waals surface area (Å²) >= 11 is 0. The van der Waals surface area contributed by atoms with Gasteiger partial charge in [0, 0.05) is 6.20 Å². The number of nitrogens with zero attached hydrogens (tertiary/aromatic N) is 3. The average molecular weight is 285 g/mol. The Morgan fingerprint density at radius 1 is 1.52 bits per heavy atom. The number of hydrogen-bond acceptors (Lipinski definition) is 6. The Bertz CT molecular complexity index is 751. The van der Waals surface area contributed by atoms with Crippen LogP contribution in [0.2, 0.25) is 0 Å². The third kappa shape index (κ3) is 2.65. The minimum absolute atomic E-state index is 0.0152. The lowest BCUT2D eigenvalue weighted by atomic mass is 9.96. The van der Waals surface area contributed by atoms with Crippen LogP contribution in [0.15, 0.2) is 30.5 Å². The van der Waals surface area contributed by atoms with Crippen molar-refractivity contribution in [2.75, 3.05) is 6.61 Å². The number of carbonyl (C=O) groups excluding carboxylic acids is 1. The Kier molecular flexibility index (Phi) is 4.09. The molecule has 1 atom stereocenters. The Balaban J connectivity index is 2.68. The van der Waals surface area contributed by atoms with Crippen molar-refractivity contribution >= 4 is 22.6 Å². The van der Waals surface area contributed by atoms with Gasteiger partial charge in [0.05, 0.1) is 34.1 Å². The van der Waals surface area contributed by atoms with E-state index in [0.29, 0.717) is 5.52 Å². The van der Waals surface area contributed by atoms with Gasteiger partial charge in [0.1, 0.15) is 0 Å². The van der Waals surface area contributed by atoms with Gasteiger partial charge in [-0.25, -0.2) is 0 Å². The van der Waals surface area contributed by atoms with Crippen LogP contribution in [0.25, 0.3) is 10.9 Å². The average Bonchev–Trinajstić information content (AvgIpc) is 2.47. The molecule has 2 rings (SSSR count). The first kappa shape index (κ1) is 14.4. The number of pyridine rings is 1. The molecule has 1 aromatic carbocycles. The zero-order chi connectivity index (χ0) is 15.4. The number of rotatable bonds is 4. The molecule has 1 unspecified atom stereocenters. The van der Waals surface area contributed by atoms with E-state index in [4.69, 9.17) is 10.00 Å². The van der Waals surface area contributed by atoms with Crippen LogP contribution in [-0.2, 0) is 9.53 Å². The number of nitro groups is 1. The summed E-state index contributed by atoms with van der Waals surface area (Å²) in [6, 6.07) is 7.77. The SMILES string of the molecule is CCOC(=O)C(C#N)c1ccc2ncccc2c1[N+](=O)[O-]. The quantitative estimate of drug-likeness (QED) is 0.484. The second-order valence-electron chi connectivity index (χ2n) is 4.14. The van der Waals surface area contributed by atoms with E-state index in [9.17, 15) is 14.9 Å². The molecule has 0 radical (unpaired) electrons. The molecule has 0 fully saturated rings. The fraction of sp³-hybridized carbons (Fsp3) is 0.214. The van der Waals surface area contributed by atoms with E-state index in [0.717, 1.165) is 0 Å². The Labute approximate surface area is 119 Å². The van der Waals surface area contributed by atoms with E-state index in [1.165, 1.54) is 18.3 Å². The zero-order valence-corrected chi connectivity index (χ0v) is 11.1. The van der Waals surface area contributed by atoms with Gasteiger partial charge in [0.2, 0.25) is 0 Å². The predicted molar refractivity (Wildman–Crippen MR) is 73.4 cm³/mol. The van der Waals surface area contributed by atoms with Crippen molar-refractivity contribution in [2.45, 2.75) is 12.8 Å². The molecule has 21 heavy (non-hydrogen) atoms. The fourth-order valence-electron chi connectivity index (χ4n) is 2.07. The molecule has 7 nitrogen and oxygen atoms in total. The smallest absolute Gasteiger partial charge is 0.328 e. The van der Waals surface area contributed by atoms with Crippen molar-refractivity contribution in [3.63, 3.8) is 0 Å². The van der Waals surface area contributed by atoms with Gasteiger partial charge in [-0.05, 0) is 31.2 Å². The molecule has 2 aromatic rings. The van der Waals surface area contributed by atoms with Crippen LogP contribution in [0.3, 0.4) is 0 Å². The first-order valence-corrected chi connectivity index (χ1v) is 6.18. The van der Waals surface area contributed by atoms with E-state index in [2.05, 4.69) is 4.98 Å². The molecule has 0 saturated heterocycles. The lowest BCUT2D eigenvalue weighted by Crippen LogP contribution is -2.16. The van der Waals surface area contributed by atoms with Crippen molar-refractivity contribution in [1.82, 2.24) is 4.98 Å². The van der Waals surface area contributed by atoms with Gasteiger partial charge in [-0.15, -0.1) is 0 Å². The Morgan fingerprint density at radius 2 is 2.29 bits per heavy atom. The van der Waals surface area contributed by atoms with E-state index in [-0.39, 0.29) is 23.2 Å². The number of nitriles is 1. The number of aromatic nitrogens is 1. The molecule has 0 amide bonds. The minimum Gasteiger partial charge on any atom is -0.465 e. The van der Waals surface area contributed by atoms with Crippen LogP contribution in [-0.4, -0.2) is 22.5 Å². The maximum absolute atomic E-state index is 11.8. The number of esters is 1. The molecule has 0 N–H and O–H groups in total. The molecule has 7 heteroatoms. The van der Waals surface area contributed by atoms with Gasteiger partial charge in [-0.2, -0.15) is 5.26 Å². The number of fused-ring (bicyclic) bond motifs is 1. The normalized spacial score (nSPS) is 11.6. The molecular weight excluding hydrogens is 274 g/mol. The third-order valence-corrected chi connectivity index (χ3v) is 2.93. The number of carbonyl (C=O) groups is 1. The maximum atomic E-state index is 11.8. The second kappa shape index (κ2) is 5.96. The van der Waals surface area contributed by atoms with Crippen LogP contribution in [0, 0.1) is 21.4 Å². The molecule has 0 spiro atoms. The summed E-state index contributed by atoms with van der Waals surface area (Å²) in [5.41, 5.74) is 0.148. The van der Waals surface area contributed by atoms with Crippen molar-refractivity contribution in [1.29, 1.82) is 5.26 Å². The van der Waals surface area contributed by atoms with Crippen molar-refractivity contribution in [3.05, 3.63) is 46.1 Å². The lowest BCUT2D eigenvalue weighted by molar-refractivity contribution is -0.383. The lowest BCUT2D eigenvalue weighted by Gasteiger charge is -2.10. The monoisotopic (exact) mass is 285 g/mol. The van der Waals surface area contributed by atoms with Crippen LogP contribution < -0.4 is 0 Å². The van der Waals surface area contributed by atoms with E-state index in [1.807, 2.05) is 0 Å². The first-order valence-electron chi connectivity index (χ1n) is 6.18. The summed E-state index contributed by atoms with van der Waals surface area (Å²) in [4.78, 5) is 26.6. The molecule has 0 aliphatic carbocycles. The molecule has 0 saturated carbocycles. The van der Waals surface area contributed by atoms with Gasteiger partial charge in [0.25, 0.3) is 5.69 Å². The van der Waals surface area contributed by atoms with Gasteiger partial charge in [-0.1, -0.05) is 0 Å². The highest BCUT2D eigenvalue weighted by Crippen LogP contribution is 2.33. The minimum atomic E-state index is -1.34. The van der Waals surface area contributed by atoms with E-state index in [1.54, 1.807) is 25.1 Å². The molecular formula is C14H11N3O4. The number of nitro benzene ring substituents is 1. The van der Waals surface area contributed by atoms with Gasteiger partial charge < -0.3 is 4.74 Å². The second-order valence-corrected chi connectivity index (χ2v) is 4.14. The molecule has 0 aliphatic rings. The van der Waals surface area contributed by atoms with Crippen LogP contribution in [0.5, 0.6) is 0 Å². The third-order valence-electron chi connectivity index (χ3n) is 2.93. The molecule has 0 aliphatic heterocycles. The van der Waals surface area contributed by atoms with Crippen LogP contribution >= 0.6 is 0 Å². The summed E-state index contributed by atoms with van der Waals surface area (Å²) < 4.78 is 4.80.